The molecule has 38 heavy (non-hydrogen) atoms. The molecule has 0 aliphatic carbocycles. The van der Waals surface area contributed by atoms with Gasteiger partial charge in [-0.15, -0.1) is 0 Å². The third-order valence-corrected chi connectivity index (χ3v) is 6.68. The van der Waals surface area contributed by atoms with Crippen LogP contribution in [0, 0.1) is 0 Å². The van der Waals surface area contributed by atoms with Crippen molar-refractivity contribution in [2.75, 3.05) is 27.4 Å². The maximum atomic E-state index is 13.3. The van der Waals surface area contributed by atoms with Gasteiger partial charge in [0, 0.05) is 25.3 Å². The second kappa shape index (κ2) is 12.3. The summed E-state index contributed by atoms with van der Waals surface area (Å²) in [5, 5.41) is 11.8. The number of aliphatic hydroxyl groups is 1. The predicted molar refractivity (Wildman–Crippen MR) is 146 cm³/mol. The Morgan fingerprint density at radius 3 is 2.47 bits per heavy atom. The summed E-state index contributed by atoms with van der Waals surface area (Å²) in [6.45, 7) is 0.979. The van der Waals surface area contributed by atoms with E-state index in [2.05, 4.69) is 0 Å². The highest BCUT2D eigenvalue weighted by molar-refractivity contribution is 6.46. The number of aliphatic hydroxyl groups excluding tert-OH is 1. The molecule has 0 saturated carbocycles. The normalized spacial score (nSPS) is 16.6. The van der Waals surface area contributed by atoms with Crippen molar-refractivity contribution >= 4 is 40.7 Å². The molecule has 1 heterocycles. The summed E-state index contributed by atoms with van der Waals surface area (Å²) in [6.07, 6.45) is 0.497. The van der Waals surface area contributed by atoms with Crippen LogP contribution < -0.4 is 9.47 Å². The van der Waals surface area contributed by atoms with Gasteiger partial charge in [0.1, 0.15) is 23.9 Å². The third kappa shape index (κ3) is 5.80. The zero-order valence-electron chi connectivity index (χ0n) is 20.9. The van der Waals surface area contributed by atoms with Crippen molar-refractivity contribution in [2.45, 2.75) is 19.1 Å². The largest absolute Gasteiger partial charge is 0.507 e. The smallest absolute Gasteiger partial charge is 0.295 e. The number of hydrogen-bond donors (Lipinski definition) is 1. The molecule has 1 unspecified atom stereocenters. The van der Waals surface area contributed by atoms with Crippen molar-refractivity contribution in [2.24, 2.45) is 0 Å². The van der Waals surface area contributed by atoms with E-state index in [-0.39, 0.29) is 33.5 Å². The average Bonchev–Trinajstić information content (AvgIpc) is 3.17. The lowest BCUT2D eigenvalue weighted by atomic mass is 9.94. The highest BCUT2D eigenvalue weighted by Gasteiger charge is 2.46. The molecule has 7 nitrogen and oxygen atoms in total. The molecule has 9 heteroatoms. The molecule has 1 amide bonds. The zero-order chi connectivity index (χ0) is 27.2. The Morgan fingerprint density at radius 2 is 1.76 bits per heavy atom. The Hall–Kier alpha value is -3.52. The Bertz CT molecular complexity index is 1360. The molecule has 0 spiro atoms. The highest BCUT2D eigenvalue weighted by atomic mass is 35.5. The summed E-state index contributed by atoms with van der Waals surface area (Å²) in [4.78, 5) is 28.0. The molecule has 0 bridgehead atoms. The number of benzene rings is 3. The fraction of sp³-hybridized carbons (Fsp3) is 0.241. The first kappa shape index (κ1) is 27.5. The van der Waals surface area contributed by atoms with Gasteiger partial charge in [-0.1, -0.05) is 65.7 Å². The number of Topliss-reactive ketones (excluding diaryl/α,β-unsaturated/α-hetero) is 1. The first-order valence-electron chi connectivity index (χ1n) is 11.9. The number of carbonyl (C=O) groups is 2. The van der Waals surface area contributed by atoms with Crippen molar-refractivity contribution in [1.82, 2.24) is 4.90 Å². The number of nitrogens with zero attached hydrogens (tertiary/aromatic N) is 1. The van der Waals surface area contributed by atoms with E-state index in [9.17, 15) is 14.7 Å². The number of halogens is 2. The first-order chi connectivity index (χ1) is 18.3. The SMILES string of the molecule is COCCCN1C(=O)C(=O)/C(=C(/O)c2cc(Cl)cc(Cl)c2OC)C1c1cccc(OCc2ccccc2)c1. The van der Waals surface area contributed by atoms with Gasteiger partial charge in [-0.2, -0.15) is 0 Å². The van der Waals surface area contributed by atoms with Crippen LogP contribution in [-0.2, 0) is 20.9 Å². The van der Waals surface area contributed by atoms with E-state index in [1.54, 1.807) is 31.4 Å². The Labute approximate surface area is 231 Å². The fourth-order valence-corrected chi connectivity index (χ4v) is 5.01. The van der Waals surface area contributed by atoms with Gasteiger partial charge in [-0.05, 0) is 41.8 Å². The van der Waals surface area contributed by atoms with Crippen LogP contribution in [0.4, 0.5) is 0 Å². The molecule has 1 aliphatic heterocycles. The van der Waals surface area contributed by atoms with Crippen LogP contribution in [0.5, 0.6) is 11.5 Å². The van der Waals surface area contributed by atoms with Gasteiger partial charge in [-0.3, -0.25) is 9.59 Å². The lowest BCUT2D eigenvalue weighted by Gasteiger charge is -2.26. The van der Waals surface area contributed by atoms with Gasteiger partial charge in [0.05, 0.1) is 29.3 Å². The standard InChI is InChI=1S/C29H27Cl2NO6/c1-36-13-7-12-32-25(19-10-6-11-21(14-19)38-17-18-8-4-3-5-9-18)24(27(34)29(32)35)26(33)22-15-20(30)16-23(31)28(22)37-2/h3-6,8-11,14-16,25,33H,7,12-13,17H2,1-2H3/b26-24+. The summed E-state index contributed by atoms with van der Waals surface area (Å²) < 4.78 is 16.5. The number of hydrogen-bond acceptors (Lipinski definition) is 6. The van der Waals surface area contributed by atoms with E-state index >= 15 is 0 Å². The van der Waals surface area contributed by atoms with Crippen molar-refractivity contribution in [1.29, 1.82) is 0 Å². The van der Waals surface area contributed by atoms with Gasteiger partial charge >= 0.3 is 0 Å². The van der Waals surface area contributed by atoms with E-state index in [0.717, 1.165) is 5.56 Å². The maximum absolute atomic E-state index is 13.3. The molecule has 1 fully saturated rings. The number of ether oxygens (including phenoxy) is 3. The van der Waals surface area contributed by atoms with Gasteiger partial charge in [0.25, 0.3) is 11.7 Å². The topological polar surface area (TPSA) is 85.3 Å². The second-order valence-corrected chi connectivity index (χ2v) is 9.50. The van der Waals surface area contributed by atoms with Gasteiger partial charge in [-0.25, -0.2) is 0 Å². The van der Waals surface area contributed by atoms with E-state index in [4.69, 9.17) is 37.4 Å². The molecule has 3 aromatic rings. The van der Waals surface area contributed by atoms with E-state index in [1.807, 2.05) is 30.3 Å². The minimum atomic E-state index is -0.880. The number of rotatable bonds is 10. The summed E-state index contributed by atoms with van der Waals surface area (Å²) in [5.41, 5.74) is 1.61. The van der Waals surface area contributed by atoms with Gasteiger partial charge in [0.15, 0.2) is 0 Å². The molecule has 0 aromatic heterocycles. The molecule has 1 atom stereocenters. The zero-order valence-corrected chi connectivity index (χ0v) is 22.5. The summed E-state index contributed by atoms with van der Waals surface area (Å²) in [5.74, 6) is -1.29. The molecule has 4 rings (SSSR count). The van der Waals surface area contributed by atoms with E-state index in [0.29, 0.717) is 30.9 Å². The Morgan fingerprint density at radius 1 is 1.00 bits per heavy atom. The minimum absolute atomic E-state index is 0.0933. The molecular weight excluding hydrogens is 529 g/mol. The highest BCUT2D eigenvalue weighted by Crippen LogP contribution is 2.43. The summed E-state index contributed by atoms with van der Waals surface area (Å²) in [6, 6.07) is 18.8. The van der Waals surface area contributed by atoms with E-state index < -0.39 is 23.5 Å². The number of methoxy groups -OCH3 is 2. The lowest BCUT2D eigenvalue weighted by molar-refractivity contribution is -0.140. The number of likely N-dealkylation sites (tertiary alicyclic amines) is 1. The van der Waals surface area contributed by atoms with Gasteiger partial charge < -0.3 is 24.2 Å². The lowest BCUT2D eigenvalue weighted by Crippen LogP contribution is -2.31. The van der Waals surface area contributed by atoms with Crippen LogP contribution in [-0.4, -0.2) is 49.1 Å². The van der Waals surface area contributed by atoms with Crippen LogP contribution in [0.15, 0.2) is 72.3 Å². The predicted octanol–water partition coefficient (Wildman–Crippen LogP) is 6.04. The monoisotopic (exact) mass is 555 g/mol. The molecule has 1 aliphatic rings. The van der Waals surface area contributed by atoms with Crippen LogP contribution in [0.3, 0.4) is 0 Å². The number of carbonyl (C=O) groups excluding carboxylic acids is 2. The van der Waals surface area contributed by atoms with Crippen LogP contribution in [0.2, 0.25) is 10.0 Å². The van der Waals surface area contributed by atoms with Crippen molar-refractivity contribution in [3.05, 3.63) is 99.0 Å². The third-order valence-electron chi connectivity index (χ3n) is 6.18. The van der Waals surface area contributed by atoms with Crippen LogP contribution in [0.1, 0.15) is 29.2 Å². The number of amides is 1. The molecule has 1 saturated heterocycles. The molecule has 198 valence electrons. The minimum Gasteiger partial charge on any atom is -0.507 e. The Kier molecular flexibility index (Phi) is 8.94. The van der Waals surface area contributed by atoms with Crippen molar-refractivity contribution < 1.29 is 28.9 Å². The van der Waals surface area contributed by atoms with Gasteiger partial charge in [0.2, 0.25) is 0 Å². The van der Waals surface area contributed by atoms with Crippen LogP contribution in [0.25, 0.3) is 5.76 Å². The quantitative estimate of drug-likeness (QED) is 0.142. The average molecular weight is 556 g/mol. The molecular formula is C29H27Cl2NO6. The number of ketones is 1. The molecule has 3 aromatic carbocycles. The summed E-state index contributed by atoms with van der Waals surface area (Å²) in [7, 11) is 2.95. The first-order valence-corrected chi connectivity index (χ1v) is 12.7. The molecule has 0 radical (unpaired) electrons. The van der Waals surface area contributed by atoms with Crippen molar-refractivity contribution in [3.8, 4) is 11.5 Å². The van der Waals surface area contributed by atoms with E-state index in [1.165, 1.54) is 24.1 Å². The maximum Gasteiger partial charge on any atom is 0.295 e. The Balaban J connectivity index is 1.80. The van der Waals surface area contributed by atoms with Crippen LogP contribution >= 0.6 is 23.2 Å². The summed E-state index contributed by atoms with van der Waals surface area (Å²) >= 11 is 12.5. The second-order valence-electron chi connectivity index (χ2n) is 8.65. The fourth-order valence-electron chi connectivity index (χ4n) is 4.44. The molecule has 1 N–H and O–H groups in total. The van der Waals surface area contributed by atoms with Crippen molar-refractivity contribution in [3.63, 3.8) is 0 Å².